The lowest BCUT2D eigenvalue weighted by Crippen LogP contribution is -2.39. The van der Waals surface area contributed by atoms with E-state index in [4.69, 9.17) is 0 Å². The molecule has 1 amide bonds. The van der Waals surface area contributed by atoms with Crippen LogP contribution in [0.4, 0.5) is 18.9 Å². The van der Waals surface area contributed by atoms with Gasteiger partial charge in [-0.15, -0.1) is 0 Å². The van der Waals surface area contributed by atoms with E-state index in [-0.39, 0.29) is 11.9 Å². The third-order valence-corrected chi connectivity index (χ3v) is 4.42. The summed E-state index contributed by atoms with van der Waals surface area (Å²) in [5.74, 6) is 0.346. The third-order valence-electron chi connectivity index (χ3n) is 4.42. The predicted octanol–water partition coefficient (Wildman–Crippen LogP) is 2.30. The van der Waals surface area contributed by atoms with Crippen molar-refractivity contribution >= 4 is 11.6 Å². The maximum atomic E-state index is 12.3. The fraction of sp³-hybridized carbons (Fsp3) is 0.714. The number of nitrogens with one attached hydrogen (secondary N) is 2. The van der Waals surface area contributed by atoms with Gasteiger partial charge in [0.05, 0.1) is 17.9 Å². The number of amides is 1. The van der Waals surface area contributed by atoms with E-state index in [0.717, 1.165) is 23.9 Å². The molecule has 0 radical (unpaired) electrons. The zero-order chi connectivity index (χ0) is 15.7. The first-order chi connectivity index (χ1) is 10.4. The highest BCUT2D eigenvalue weighted by molar-refractivity contribution is 5.94. The molecule has 1 aromatic rings. The molecule has 3 unspecified atom stereocenters. The van der Waals surface area contributed by atoms with Crippen LogP contribution >= 0.6 is 0 Å². The number of anilines is 1. The zero-order valence-corrected chi connectivity index (χ0v) is 12.1. The predicted molar refractivity (Wildman–Crippen MR) is 74.2 cm³/mol. The number of carbonyl (C=O) groups is 1. The van der Waals surface area contributed by atoms with Gasteiger partial charge in [-0.2, -0.15) is 18.3 Å². The van der Waals surface area contributed by atoms with Crippen LogP contribution in [0.1, 0.15) is 32.1 Å². The molecule has 0 aromatic carbocycles. The van der Waals surface area contributed by atoms with E-state index >= 15 is 0 Å². The Bertz CT molecular complexity index is 528. The summed E-state index contributed by atoms with van der Waals surface area (Å²) in [6.45, 7) is -1.16. The minimum absolute atomic E-state index is 0.194. The smallest absolute Gasteiger partial charge is 0.322 e. The number of nitrogens with zero attached hydrogens (tertiary/aromatic N) is 2. The lowest BCUT2D eigenvalue weighted by Gasteiger charge is -2.24. The SMILES string of the molecule is O=C(Nc1cnn(CC(F)(F)F)c1)C1CC2CCCCC2N1. The molecule has 5 nitrogen and oxygen atoms in total. The van der Waals surface area contributed by atoms with Gasteiger partial charge in [0.15, 0.2) is 0 Å². The quantitative estimate of drug-likeness (QED) is 0.899. The van der Waals surface area contributed by atoms with Crippen LogP contribution in [-0.4, -0.2) is 33.9 Å². The molecule has 1 aromatic heterocycles. The maximum absolute atomic E-state index is 12.3. The molecule has 1 aliphatic heterocycles. The van der Waals surface area contributed by atoms with Crippen molar-refractivity contribution in [2.75, 3.05) is 5.32 Å². The summed E-state index contributed by atoms with van der Waals surface area (Å²) in [7, 11) is 0. The number of hydrogen-bond acceptors (Lipinski definition) is 3. The number of alkyl halides is 3. The van der Waals surface area contributed by atoms with Gasteiger partial charge in [-0.1, -0.05) is 12.8 Å². The number of fused-ring (bicyclic) bond motifs is 1. The third kappa shape index (κ3) is 3.60. The van der Waals surface area contributed by atoms with E-state index in [0.29, 0.717) is 17.6 Å². The highest BCUT2D eigenvalue weighted by atomic mass is 19.4. The lowest BCUT2D eigenvalue weighted by atomic mass is 9.85. The molecule has 0 bridgehead atoms. The monoisotopic (exact) mass is 316 g/mol. The molecule has 1 saturated carbocycles. The average Bonchev–Trinajstić information content (AvgIpc) is 3.03. The summed E-state index contributed by atoms with van der Waals surface area (Å²) in [4.78, 5) is 12.2. The van der Waals surface area contributed by atoms with E-state index in [1.165, 1.54) is 25.2 Å². The van der Waals surface area contributed by atoms with Gasteiger partial charge in [0.1, 0.15) is 6.54 Å². The molecule has 22 heavy (non-hydrogen) atoms. The first kappa shape index (κ1) is 15.3. The molecule has 0 spiro atoms. The van der Waals surface area contributed by atoms with Crippen LogP contribution in [0, 0.1) is 5.92 Å². The highest BCUT2D eigenvalue weighted by Gasteiger charge is 2.38. The second-order valence-electron chi connectivity index (χ2n) is 6.14. The molecular formula is C14H19F3N4O. The molecular weight excluding hydrogens is 297 g/mol. The van der Waals surface area contributed by atoms with E-state index < -0.39 is 12.7 Å². The van der Waals surface area contributed by atoms with Crippen molar-refractivity contribution in [3.05, 3.63) is 12.4 Å². The van der Waals surface area contributed by atoms with Gasteiger partial charge >= 0.3 is 6.18 Å². The molecule has 1 aliphatic carbocycles. The first-order valence-electron chi connectivity index (χ1n) is 7.57. The number of hydrogen-bond donors (Lipinski definition) is 2. The van der Waals surface area contributed by atoms with Crippen LogP contribution in [0.15, 0.2) is 12.4 Å². The van der Waals surface area contributed by atoms with Gasteiger partial charge < -0.3 is 10.6 Å². The van der Waals surface area contributed by atoms with E-state index in [1.54, 1.807) is 0 Å². The molecule has 2 heterocycles. The molecule has 1 saturated heterocycles. The minimum atomic E-state index is -4.32. The van der Waals surface area contributed by atoms with Gasteiger partial charge in [-0.3, -0.25) is 9.48 Å². The maximum Gasteiger partial charge on any atom is 0.408 e. The Balaban J connectivity index is 1.56. The standard InChI is InChI=1S/C14H19F3N4O/c15-14(16,17)8-21-7-10(6-18-21)19-13(22)12-5-9-3-1-2-4-11(9)20-12/h6-7,9,11-12,20H,1-5,8H2,(H,19,22). The van der Waals surface area contributed by atoms with Crippen molar-refractivity contribution in [3.8, 4) is 0 Å². The Kier molecular flexibility index (Phi) is 4.12. The molecule has 2 N–H and O–H groups in total. The number of rotatable bonds is 3. The second-order valence-corrected chi connectivity index (χ2v) is 6.14. The summed E-state index contributed by atoms with van der Waals surface area (Å²) >= 11 is 0. The van der Waals surface area contributed by atoms with Gasteiger partial charge in [-0.05, 0) is 25.2 Å². The number of halogens is 3. The highest BCUT2D eigenvalue weighted by Crippen LogP contribution is 2.33. The van der Waals surface area contributed by atoms with Crippen molar-refractivity contribution in [1.29, 1.82) is 0 Å². The first-order valence-corrected chi connectivity index (χ1v) is 7.57. The fourth-order valence-corrected chi connectivity index (χ4v) is 3.45. The van der Waals surface area contributed by atoms with Crippen LogP contribution in [0.3, 0.4) is 0 Å². The van der Waals surface area contributed by atoms with Crippen LogP contribution in [0.2, 0.25) is 0 Å². The van der Waals surface area contributed by atoms with Gasteiger partial charge in [0.2, 0.25) is 5.91 Å². The number of carbonyl (C=O) groups excluding carboxylic acids is 1. The van der Waals surface area contributed by atoms with Crippen LogP contribution in [0.5, 0.6) is 0 Å². The van der Waals surface area contributed by atoms with Gasteiger partial charge in [0, 0.05) is 12.2 Å². The molecule has 3 rings (SSSR count). The van der Waals surface area contributed by atoms with Crippen molar-refractivity contribution in [2.45, 2.75) is 56.9 Å². The van der Waals surface area contributed by atoms with Gasteiger partial charge in [-0.25, -0.2) is 0 Å². The molecule has 3 atom stereocenters. The normalized spacial score (nSPS) is 28.4. The van der Waals surface area contributed by atoms with Crippen molar-refractivity contribution in [2.24, 2.45) is 5.92 Å². The topological polar surface area (TPSA) is 59.0 Å². The fourth-order valence-electron chi connectivity index (χ4n) is 3.45. The van der Waals surface area contributed by atoms with E-state index in [1.807, 2.05) is 0 Å². The Morgan fingerprint density at radius 2 is 2.18 bits per heavy atom. The molecule has 2 fully saturated rings. The molecule has 8 heteroatoms. The lowest BCUT2D eigenvalue weighted by molar-refractivity contribution is -0.142. The minimum Gasteiger partial charge on any atom is -0.322 e. The van der Waals surface area contributed by atoms with Crippen molar-refractivity contribution in [1.82, 2.24) is 15.1 Å². The summed E-state index contributed by atoms with van der Waals surface area (Å²) in [5.41, 5.74) is 0.297. The Labute approximate surface area is 126 Å². The Hall–Kier alpha value is -1.57. The van der Waals surface area contributed by atoms with Crippen LogP contribution < -0.4 is 10.6 Å². The van der Waals surface area contributed by atoms with Crippen LogP contribution in [0.25, 0.3) is 0 Å². The second kappa shape index (κ2) is 5.91. The average molecular weight is 316 g/mol. The largest absolute Gasteiger partial charge is 0.408 e. The van der Waals surface area contributed by atoms with Crippen molar-refractivity contribution in [3.63, 3.8) is 0 Å². The Morgan fingerprint density at radius 3 is 2.91 bits per heavy atom. The summed E-state index contributed by atoms with van der Waals surface area (Å²) in [5, 5.41) is 9.60. The summed E-state index contributed by atoms with van der Waals surface area (Å²) in [6, 6.07) is 0.136. The van der Waals surface area contributed by atoms with E-state index in [9.17, 15) is 18.0 Å². The summed E-state index contributed by atoms with van der Waals surface area (Å²) in [6.07, 6.45) is 3.55. The van der Waals surface area contributed by atoms with Gasteiger partial charge in [0.25, 0.3) is 0 Å². The van der Waals surface area contributed by atoms with E-state index in [2.05, 4.69) is 15.7 Å². The zero-order valence-electron chi connectivity index (χ0n) is 12.1. The summed E-state index contributed by atoms with van der Waals surface area (Å²) < 4.78 is 37.6. The molecule has 2 aliphatic rings. The molecule has 122 valence electrons. The Morgan fingerprint density at radius 1 is 1.41 bits per heavy atom. The number of aromatic nitrogens is 2. The van der Waals surface area contributed by atoms with Crippen LogP contribution in [-0.2, 0) is 11.3 Å². The van der Waals surface area contributed by atoms with Crippen molar-refractivity contribution < 1.29 is 18.0 Å².